The summed E-state index contributed by atoms with van der Waals surface area (Å²) in [4.78, 5) is 47.1. The number of carbonyl (C=O) groups excluding carboxylic acids is 3. The molecule has 6 aromatic rings. The number of hydrogen-bond donors (Lipinski definition) is 9. The number of methoxy groups -OCH3 is 1. The number of Topliss-reactive ketones (excluding diaryl/α,β-unsaturated/α-hetero) is 1. The third-order valence-corrected chi connectivity index (χ3v) is 35.0. The molecule has 21 heteroatoms. The van der Waals surface area contributed by atoms with Gasteiger partial charge in [0.25, 0.3) is 0 Å². The molecule has 2 saturated carbocycles. The van der Waals surface area contributed by atoms with Crippen molar-refractivity contribution in [3.63, 3.8) is 0 Å². The number of likely N-dealkylation sites (N-methyl/N-ethyl adjacent to an activating group) is 3. The standard InChI is InChI=1S/C21H23NO4.C19H27NO.C18H19NO3.C17H17NO4.C16H23NO.C15H21NO2/c1-22(11-12-2-3-12)9-8-20-17-13-4-5-14(23)18(17)26-19(20)15(24)6-7-21(20,25)16(22)10-13;1-13(2)7-9-20-10-8-19(4)14(3)18(20)11-15-5-6-16(21)12-17(15)19;1-19-8-7-18-11-4-6-14(21-2)17(18)22-16-13(20)5-3-10(15(16)18)9-12(11)19;1-18-7-6-16-13-9-2-3-10(19)14(13)22-15(16)11(20)4-5-17(16,21)12(18)8-9;1-16-8-4-2-3-5-14(15(16)17)13-7-6-12(18)9-11(13)10-16;1-3-14(18)15(7-9-16(2)10-8-15)12-5-4-6-13(17)11-12/h4-7,12,16,19,25H,2-3,8-11H2,1H3;5-7,12,14,18,21H,8-11H2,1-4H3;3-6,12,17,20H,7-9H2,1-2H3;2-5,12,15,19,21H,6-8H2,1H3;6-7,9,14-15,18H,2-5,8,10,17H2,1H3;4-6,11,17H,3,7-10H2,1-2H3/p+1/t16-,19+,20+,21-,22?;14?,18?,19-;12-,17+,18+;12-,15+,16+,17-;14-,15?,16+;/m11110./s1. The van der Waals surface area contributed by atoms with E-state index in [0.717, 1.165) is 141 Å². The molecule has 4 unspecified atom stereocenters. The fourth-order valence-corrected chi connectivity index (χ4v) is 27.7. The summed E-state index contributed by atoms with van der Waals surface area (Å²) >= 11 is 0. The van der Waals surface area contributed by atoms with E-state index in [1.165, 1.54) is 108 Å². The van der Waals surface area contributed by atoms with Crippen LogP contribution in [0.25, 0.3) is 0 Å². The van der Waals surface area contributed by atoms with Gasteiger partial charge in [0.1, 0.15) is 46.0 Å². The van der Waals surface area contributed by atoms with Crippen molar-refractivity contribution in [1.29, 1.82) is 0 Å². The predicted octanol–water partition coefficient (Wildman–Crippen LogP) is 13.6. The Kier molecular flexibility index (Phi) is 21.8. The van der Waals surface area contributed by atoms with Crippen LogP contribution in [0, 0.1) is 17.3 Å². The number of aromatic hydroxyl groups is 6. The highest BCUT2D eigenvalue weighted by Crippen LogP contribution is 2.68. The van der Waals surface area contributed by atoms with Crippen LogP contribution in [0.5, 0.6) is 51.7 Å². The molecule has 8 heterocycles. The van der Waals surface area contributed by atoms with E-state index >= 15 is 0 Å². The van der Waals surface area contributed by atoms with E-state index in [1.807, 2.05) is 68.6 Å². The topological polar surface area (TPSA) is 289 Å². The zero-order chi connectivity index (χ0) is 89.4. The summed E-state index contributed by atoms with van der Waals surface area (Å²) in [5.41, 5.74) is 18.4. The molecular weight excluding hydrogens is 1600 g/mol. The summed E-state index contributed by atoms with van der Waals surface area (Å²) in [5, 5.41) is 83.7. The van der Waals surface area contributed by atoms with E-state index in [-0.39, 0.29) is 80.5 Å². The predicted molar refractivity (Wildman–Crippen MR) is 487 cm³/mol. The summed E-state index contributed by atoms with van der Waals surface area (Å²) in [7, 11) is 10.3. The molecule has 3 spiro atoms. The Labute approximate surface area is 747 Å². The number of aliphatic hydroxyl groups is 2. The normalized spacial score (nSPS) is 35.3. The first-order chi connectivity index (χ1) is 60.6. The van der Waals surface area contributed by atoms with Gasteiger partial charge in [-0.3, -0.25) is 29.1 Å². The van der Waals surface area contributed by atoms with Crippen molar-refractivity contribution < 1.29 is 78.7 Å². The van der Waals surface area contributed by atoms with Crippen LogP contribution in [0.3, 0.4) is 0 Å². The Morgan fingerprint density at radius 2 is 1.24 bits per heavy atom. The Balaban J connectivity index is 0.0000000998. The lowest BCUT2D eigenvalue weighted by Gasteiger charge is -2.62. The molecule has 6 aromatic carbocycles. The van der Waals surface area contributed by atoms with Crippen LogP contribution >= 0.6 is 0 Å². The number of fused-ring (bicyclic) bond motifs is 8. The molecule has 127 heavy (non-hydrogen) atoms. The number of allylic oxidation sites excluding steroid dienone is 3. The maximum Gasteiger partial charge on any atom is 0.197 e. The first kappa shape index (κ1) is 87.1. The number of quaternary nitrogens is 1. The van der Waals surface area contributed by atoms with Gasteiger partial charge in [0.15, 0.2) is 64.4 Å². The van der Waals surface area contributed by atoms with Crippen LogP contribution in [-0.4, -0.2) is 230 Å². The van der Waals surface area contributed by atoms with E-state index in [2.05, 4.69) is 106 Å². The number of carbonyl (C=O) groups is 3. The van der Waals surface area contributed by atoms with Crippen LogP contribution in [0.15, 0.2) is 156 Å². The second-order valence-electron chi connectivity index (χ2n) is 42.0. The number of ether oxygens (including phenoxy) is 4. The molecule has 0 amide bonds. The Morgan fingerprint density at radius 3 is 1.90 bits per heavy atom. The first-order valence-electron chi connectivity index (χ1n) is 47.1. The molecule has 8 aliphatic heterocycles. The molecule has 674 valence electrons. The fourth-order valence-electron chi connectivity index (χ4n) is 27.7. The summed E-state index contributed by atoms with van der Waals surface area (Å²) in [6.07, 6.45) is 30.6. The van der Waals surface area contributed by atoms with Crippen molar-refractivity contribution in [3.8, 4) is 51.7 Å². The lowest BCUT2D eigenvalue weighted by Crippen LogP contribution is -2.79. The molecule has 24 rings (SSSR count). The highest BCUT2D eigenvalue weighted by atomic mass is 16.5. The Hall–Kier alpha value is -9.29. The van der Waals surface area contributed by atoms with Crippen LogP contribution in [0.4, 0.5) is 0 Å². The van der Waals surface area contributed by atoms with Crippen molar-refractivity contribution in [2.45, 2.75) is 256 Å². The number of ketones is 3. The van der Waals surface area contributed by atoms with Gasteiger partial charge in [-0.15, -0.1) is 0 Å². The Bertz CT molecular complexity index is 5580. The van der Waals surface area contributed by atoms with Crippen LogP contribution in [-0.2, 0) is 78.3 Å². The molecule has 18 aliphatic rings. The second-order valence-corrected chi connectivity index (χ2v) is 42.0. The molecule has 7 fully saturated rings. The van der Waals surface area contributed by atoms with Gasteiger partial charge >= 0.3 is 0 Å². The van der Waals surface area contributed by atoms with Gasteiger partial charge in [0.2, 0.25) is 0 Å². The lowest BCUT2D eigenvalue weighted by atomic mass is 9.50. The molecule has 0 radical (unpaired) electrons. The van der Waals surface area contributed by atoms with Crippen LogP contribution < -0.4 is 19.9 Å². The lowest BCUT2D eigenvalue weighted by molar-refractivity contribution is -0.949. The van der Waals surface area contributed by atoms with Crippen molar-refractivity contribution in [2.24, 2.45) is 23.0 Å². The highest BCUT2D eigenvalue weighted by molar-refractivity contribution is 6.00. The van der Waals surface area contributed by atoms with Crippen LogP contribution in [0.1, 0.15) is 199 Å². The largest absolute Gasteiger partial charge is 0.508 e. The summed E-state index contributed by atoms with van der Waals surface area (Å²) in [5.74, 6) is 5.69. The zero-order valence-corrected chi connectivity index (χ0v) is 76.0. The molecule has 18 atom stereocenters. The molecule has 10 aliphatic carbocycles. The fraction of sp³-hybridized carbons (Fsp3) is 0.538. The van der Waals surface area contributed by atoms with E-state index < -0.39 is 34.2 Å². The summed E-state index contributed by atoms with van der Waals surface area (Å²) in [6, 6.07) is 31.3. The zero-order valence-electron chi connectivity index (χ0n) is 76.0. The van der Waals surface area contributed by atoms with Gasteiger partial charge in [-0.05, 0) is 309 Å². The summed E-state index contributed by atoms with van der Waals surface area (Å²) < 4.78 is 24.6. The number of rotatable bonds is 8. The molecule has 10 N–H and O–H groups in total. The van der Waals surface area contributed by atoms with E-state index in [1.54, 1.807) is 49.6 Å². The van der Waals surface area contributed by atoms with Crippen molar-refractivity contribution in [2.75, 3.05) is 87.7 Å². The van der Waals surface area contributed by atoms with Crippen molar-refractivity contribution in [3.05, 3.63) is 218 Å². The highest BCUT2D eigenvalue weighted by Gasteiger charge is 2.77. The molecular formula is C106H131N6O15+. The minimum Gasteiger partial charge on any atom is -0.508 e. The Morgan fingerprint density at radius 1 is 0.622 bits per heavy atom. The number of nitrogens with two attached hydrogens (primary N) is 1. The number of phenolic OH excluding ortho intramolecular Hbond substituents is 6. The maximum atomic E-state index is 12.7. The van der Waals surface area contributed by atoms with Crippen molar-refractivity contribution >= 4 is 17.3 Å². The average Bonchev–Trinajstić information content (AvgIpc) is 1.54. The smallest absolute Gasteiger partial charge is 0.197 e. The second kappa shape index (κ2) is 31.8. The van der Waals surface area contributed by atoms with E-state index in [9.17, 15) is 55.2 Å². The quantitative estimate of drug-likeness (QED) is 0.0505. The minimum absolute atomic E-state index is 0.00953. The number of phenols is 6. The molecule has 10 bridgehead atoms. The number of benzene rings is 6. The van der Waals surface area contributed by atoms with Crippen LogP contribution in [0.2, 0.25) is 0 Å². The number of nitrogens with zero attached hydrogens (tertiary/aromatic N) is 5. The van der Waals surface area contributed by atoms with Crippen molar-refractivity contribution in [1.82, 2.24) is 19.6 Å². The van der Waals surface area contributed by atoms with Gasteiger partial charge < -0.3 is 74.9 Å². The third-order valence-electron chi connectivity index (χ3n) is 35.0. The monoisotopic (exact) mass is 1730 g/mol. The number of likely N-dealkylation sites (tertiary alicyclic amines) is 5. The van der Waals surface area contributed by atoms with E-state index in [4.69, 9.17) is 24.7 Å². The van der Waals surface area contributed by atoms with Gasteiger partial charge in [-0.1, -0.05) is 107 Å². The molecule has 5 saturated heterocycles. The van der Waals surface area contributed by atoms with Gasteiger partial charge in [0, 0.05) is 72.6 Å². The number of hydrogen-bond acceptors (Lipinski definition) is 20. The molecule has 21 nitrogen and oxygen atoms in total. The minimum atomic E-state index is -1.13. The third kappa shape index (κ3) is 13.4. The molecule has 0 aromatic heterocycles. The maximum absolute atomic E-state index is 12.7. The SMILES string of the molecule is CC(C)=CCN1CC[C@@]2(C)c3cc(O)ccc3CC1C2C.CCC(=O)C1(c2cccc(O)c2)CCN(C)CC1.CN1CC[C@]23c4c5ccc(O)c4O[C@H]2C(=O)C=C[C@@]3(O)[C@H]1C5.COC1=CC=C2[C@H]3Cc4ccc(O)c5c4[C@@]2(CCN3C)[C@H]1O5.C[C@@]12CCCCC[C@@H](c3ccc(O)cc3C1)C2N.C[N+]1(CC2CC2)CC[C@]23c4c5ccc(O)c4O[C@H]2C(=O)C=C[C@@]3(O)[C@H]1C5. The number of piperidine rings is 5. The summed E-state index contributed by atoms with van der Waals surface area (Å²) in [6.45, 7) is 21.3. The van der Waals surface area contributed by atoms with Gasteiger partial charge in [-0.2, -0.15) is 0 Å². The first-order valence-corrected chi connectivity index (χ1v) is 47.1. The van der Waals surface area contributed by atoms with E-state index in [0.29, 0.717) is 84.1 Å². The van der Waals surface area contributed by atoms with Gasteiger partial charge in [-0.25, -0.2) is 0 Å². The average molecular weight is 1730 g/mol. The van der Waals surface area contributed by atoms with Gasteiger partial charge in [0.05, 0.1) is 48.9 Å².